The second-order valence-corrected chi connectivity index (χ2v) is 6.37. The van der Waals surface area contributed by atoms with Gasteiger partial charge in [-0.25, -0.2) is 8.42 Å². The van der Waals surface area contributed by atoms with Crippen LogP contribution in [-0.4, -0.2) is 35.1 Å². The van der Waals surface area contributed by atoms with Crippen LogP contribution in [0.5, 0.6) is 5.75 Å². The van der Waals surface area contributed by atoms with Crippen LogP contribution in [0.1, 0.15) is 18.5 Å². The molecule has 0 spiro atoms. The quantitative estimate of drug-likeness (QED) is 0.781. The number of H-pyrrole nitrogens is 1. The van der Waals surface area contributed by atoms with E-state index in [-0.39, 0.29) is 16.5 Å². The van der Waals surface area contributed by atoms with Gasteiger partial charge in [-0.2, -0.15) is 9.40 Å². The summed E-state index contributed by atoms with van der Waals surface area (Å²) in [5.74, 6) is 0.0311. The van der Waals surface area contributed by atoms with E-state index in [1.165, 1.54) is 19.3 Å². The number of nitrogens with zero attached hydrogens (tertiary/aromatic N) is 2. The predicted molar refractivity (Wildman–Crippen MR) is 74.5 cm³/mol. The second kappa shape index (κ2) is 5.14. The number of benzene rings is 1. The summed E-state index contributed by atoms with van der Waals surface area (Å²) in [5, 5.41) is 15.8. The van der Waals surface area contributed by atoms with Crippen molar-refractivity contribution in [3.8, 4) is 5.75 Å². The number of phenols is 1. The van der Waals surface area contributed by atoms with Crippen molar-refractivity contribution in [2.24, 2.45) is 0 Å². The van der Waals surface area contributed by atoms with Crippen molar-refractivity contribution < 1.29 is 13.5 Å². The summed E-state index contributed by atoms with van der Waals surface area (Å²) in [5.41, 5.74) is 6.07. The molecule has 0 fully saturated rings. The van der Waals surface area contributed by atoms with Gasteiger partial charge in [0.05, 0.1) is 12.2 Å². The van der Waals surface area contributed by atoms with E-state index in [1.807, 2.05) is 0 Å². The number of aromatic hydroxyl groups is 1. The minimum Gasteiger partial charge on any atom is -0.508 e. The number of hydrogen-bond acceptors (Lipinski definition) is 5. The van der Waals surface area contributed by atoms with Gasteiger partial charge in [0.25, 0.3) is 0 Å². The van der Waals surface area contributed by atoms with Gasteiger partial charge in [0, 0.05) is 12.6 Å². The zero-order chi connectivity index (χ0) is 14.9. The van der Waals surface area contributed by atoms with E-state index >= 15 is 0 Å². The molecular weight excluding hydrogens is 280 g/mol. The summed E-state index contributed by atoms with van der Waals surface area (Å²) in [7, 11) is -2.36. The number of aromatic amines is 1. The molecular formula is C12H16N4O3S. The highest BCUT2D eigenvalue weighted by Gasteiger charge is 2.30. The van der Waals surface area contributed by atoms with Crippen molar-refractivity contribution in [3.63, 3.8) is 0 Å². The fourth-order valence-electron chi connectivity index (χ4n) is 1.89. The minimum atomic E-state index is -3.79. The first-order valence-corrected chi connectivity index (χ1v) is 7.34. The monoisotopic (exact) mass is 296 g/mol. The molecule has 0 aliphatic rings. The molecule has 1 atom stereocenters. The normalized spacial score (nSPS) is 13.6. The van der Waals surface area contributed by atoms with Crippen LogP contribution in [0.15, 0.2) is 35.4 Å². The number of hydrogen-bond donors (Lipinski definition) is 3. The van der Waals surface area contributed by atoms with E-state index in [1.54, 1.807) is 25.1 Å². The van der Waals surface area contributed by atoms with Crippen LogP contribution in [-0.2, 0) is 10.0 Å². The Morgan fingerprint density at radius 1 is 1.40 bits per heavy atom. The Labute approximate surface area is 117 Å². The van der Waals surface area contributed by atoms with Crippen molar-refractivity contribution in [1.82, 2.24) is 14.5 Å². The first kappa shape index (κ1) is 14.4. The van der Waals surface area contributed by atoms with Crippen LogP contribution in [0.3, 0.4) is 0 Å². The molecule has 1 aromatic carbocycles. The zero-order valence-corrected chi connectivity index (χ0v) is 11.9. The number of aromatic nitrogens is 2. The van der Waals surface area contributed by atoms with Crippen LogP contribution < -0.4 is 5.73 Å². The largest absolute Gasteiger partial charge is 0.508 e. The smallest absolute Gasteiger partial charge is 0.248 e. The maximum Gasteiger partial charge on any atom is 0.248 e. The van der Waals surface area contributed by atoms with Crippen LogP contribution in [0.25, 0.3) is 0 Å². The van der Waals surface area contributed by atoms with E-state index in [4.69, 9.17) is 5.73 Å². The van der Waals surface area contributed by atoms with E-state index < -0.39 is 16.1 Å². The lowest BCUT2D eigenvalue weighted by atomic mass is 10.1. The molecule has 2 rings (SSSR count). The van der Waals surface area contributed by atoms with Crippen LogP contribution >= 0.6 is 0 Å². The Balaban J connectivity index is 2.39. The molecule has 20 heavy (non-hydrogen) atoms. The molecule has 0 saturated heterocycles. The Kier molecular flexibility index (Phi) is 3.69. The molecule has 0 aliphatic heterocycles. The second-order valence-electron chi connectivity index (χ2n) is 4.40. The number of nitrogen functional groups attached to an aromatic ring is 1. The number of nitrogens with one attached hydrogen (secondary N) is 1. The van der Waals surface area contributed by atoms with Crippen molar-refractivity contribution in [2.45, 2.75) is 17.9 Å². The first-order valence-electron chi connectivity index (χ1n) is 5.90. The van der Waals surface area contributed by atoms with E-state index in [2.05, 4.69) is 10.2 Å². The molecule has 0 radical (unpaired) electrons. The third-order valence-electron chi connectivity index (χ3n) is 3.22. The molecule has 1 aromatic heterocycles. The molecule has 0 amide bonds. The standard InChI is InChI=1S/C12H16N4O3S/c1-8(9-5-3-4-6-10(9)17)16(2)20(18,19)11-7-14-15-12(11)13/h3-8,17H,1-2H3,(H3,13,14,15). The molecule has 8 heteroatoms. The van der Waals surface area contributed by atoms with Gasteiger partial charge < -0.3 is 10.8 Å². The Morgan fingerprint density at radius 3 is 2.60 bits per heavy atom. The topological polar surface area (TPSA) is 112 Å². The number of anilines is 1. The molecule has 1 unspecified atom stereocenters. The van der Waals surface area contributed by atoms with Gasteiger partial charge in [-0.3, -0.25) is 5.10 Å². The van der Waals surface area contributed by atoms with Crippen LogP contribution in [0, 0.1) is 0 Å². The molecule has 2 aromatic rings. The maximum absolute atomic E-state index is 12.4. The van der Waals surface area contributed by atoms with Gasteiger partial charge in [0.1, 0.15) is 16.5 Å². The fourth-order valence-corrected chi connectivity index (χ4v) is 3.24. The molecule has 0 saturated carbocycles. The molecule has 7 nitrogen and oxygen atoms in total. The molecule has 4 N–H and O–H groups in total. The lowest BCUT2D eigenvalue weighted by molar-refractivity contribution is 0.381. The van der Waals surface area contributed by atoms with E-state index in [9.17, 15) is 13.5 Å². The van der Waals surface area contributed by atoms with Crippen molar-refractivity contribution in [1.29, 1.82) is 0 Å². The Morgan fingerprint density at radius 2 is 2.05 bits per heavy atom. The number of sulfonamides is 1. The summed E-state index contributed by atoms with van der Waals surface area (Å²) >= 11 is 0. The van der Waals surface area contributed by atoms with Crippen molar-refractivity contribution in [2.75, 3.05) is 12.8 Å². The summed E-state index contributed by atoms with van der Waals surface area (Å²) in [6.45, 7) is 1.68. The number of rotatable bonds is 4. The summed E-state index contributed by atoms with van der Waals surface area (Å²) in [4.78, 5) is -0.0812. The molecule has 0 aliphatic carbocycles. The summed E-state index contributed by atoms with van der Waals surface area (Å²) < 4.78 is 26.0. The lowest BCUT2D eigenvalue weighted by Gasteiger charge is -2.24. The number of nitrogens with two attached hydrogens (primary N) is 1. The molecule has 0 bridgehead atoms. The predicted octanol–water partition coefficient (Wildman–Crippen LogP) is 1.08. The SMILES string of the molecule is CC(c1ccccc1O)N(C)S(=O)(=O)c1cn[nH]c1N. The first-order chi connectivity index (χ1) is 9.35. The van der Waals surface area contributed by atoms with Gasteiger partial charge in [-0.05, 0) is 13.0 Å². The average Bonchev–Trinajstić information content (AvgIpc) is 2.84. The minimum absolute atomic E-state index is 0.0127. The highest BCUT2D eigenvalue weighted by molar-refractivity contribution is 7.89. The zero-order valence-electron chi connectivity index (χ0n) is 11.1. The van der Waals surface area contributed by atoms with Crippen LogP contribution in [0.2, 0.25) is 0 Å². The fraction of sp³-hybridized carbons (Fsp3) is 0.250. The third kappa shape index (κ3) is 2.35. The van der Waals surface area contributed by atoms with Gasteiger partial charge in [0.2, 0.25) is 10.0 Å². The number of phenolic OH excluding ortho intramolecular Hbond substituents is 1. The van der Waals surface area contributed by atoms with Crippen molar-refractivity contribution >= 4 is 15.8 Å². The molecule has 108 valence electrons. The van der Waals surface area contributed by atoms with Crippen LogP contribution in [0.4, 0.5) is 5.82 Å². The lowest BCUT2D eigenvalue weighted by Crippen LogP contribution is -2.30. The maximum atomic E-state index is 12.4. The van der Waals surface area contributed by atoms with E-state index in [0.29, 0.717) is 5.56 Å². The van der Waals surface area contributed by atoms with Crippen molar-refractivity contribution in [3.05, 3.63) is 36.0 Å². The summed E-state index contributed by atoms with van der Waals surface area (Å²) in [6.07, 6.45) is 1.17. The average molecular weight is 296 g/mol. The van der Waals surface area contributed by atoms with Gasteiger partial charge in [0.15, 0.2) is 0 Å². The number of para-hydroxylation sites is 1. The van der Waals surface area contributed by atoms with Gasteiger partial charge in [-0.15, -0.1) is 0 Å². The molecule has 1 heterocycles. The Bertz CT molecular complexity index is 711. The van der Waals surface area contributed by atoms with Gasteiger partial charge in [-0.1, -0.05) is 18.2 Å². The third-order valence-corrected chi connectivity index (χ3v) is 5.18. The van der Waals surface area contributed by atoms with Gasteiger partial charge >= 0.3 is 0 Å². The highest BCUT2D eigenvalue weighted by atomic mass is 32.2. The van der Waals surface area contributed by atoms with E-state index in [0.717, 1.165) is 4.31 Å². The Hall–Kier alpha value is -2.06. The summed E-state index contributed by atoms with van der Waals surface area (Å²) in [6, 6.07) is 6.05. The highest BCUT2D eigenvalue weighted by Crippen LogP contribution is 2.31.